The van der Waals surface area contributed by atoms with Crippen molar-refractivity contribution in [3.05, 3.63) is 58.4 Å². The smallest absolute Gasteiger partial charge is 0.376 e. The summed E-state index contributed by atoms with van der Waals surface area (Å²) in [6, 6.07) is 6.69. The first-order valence-electron chi connectivity index (χ1n) is 6.34. The molecule has 2 nitrogen and oxygen atoms in total. The second-order valence-corrected chi connectivity index (χ2v) is 5.16. The third-order valence-electron chi connectivity index (χ3n) is 3.08. The normalized spacial score (nSPS) is 13.0. The number of benzene rings is 1. The van der Waals surface area contributed by atoms with E-state index in [9.17, 15) is 13.2 Å². The number of aromatic nitrogens is 1. The second-order valence-electron chi connectivity index (χ2n) is 4.80. The molecule has 1 aromatic carbocycles. The van der Waals surface area contributed by atoms with E-state index in [1.165, 1.54) is 12.1 Å². The molecule has 1 N–H and O–H groups in total. The highest BCUT2D eigenvalue weighted by Crippen LogP contribution is 2.36. The molecule has 21 heavy (non-hydrogen) atoms. The Bertz CT molecular complexity index is 641. The summed E-state index contributed by atoms with van der Waals surface area (Å²) in [4.78, 5) is 3.98. The third kappa shape index (κ3) is 3.67. The Hall–Kier alpha value is -1.75. The average Bonchev–Trinajstić information content (AvgIpc) is 2.42. The van der Waals surface area contributed by atoms with E-state index in [1.54, 1.807) is 25.3 Å². The monoisotopic (exact) mass is 314 g/mol. The average molecular weight is 315 g/mol. The number of hydrogen-bond acceptors (Lipinski definition) is 2. The summed E-state index contributed by atoms with van der Waals surface area (Å²) in [6.45, 7) is 3.49. The van der Waals surface area contributed by atoms with Gasteiger partial charge in [0.1, 0.15) is 0 Å². The maximum absolute atomic E-state index is 13.0. The Morgan fingerprint density at radius 3 is 2.57 bits per heavy atom. The van der Waals surface area contributed by atoms with Crippen molar-refractivity contribution in [2.24, 2.45) is 0 Å². The van der Waals surface area contributed by atoms with Crippen molar-refractivity contribution in [1.82, 2.24) is 4.98 Å². The minimum absolute atomic E-state index is 0.169. The van der Waals surface area contributed by atoms with Crippen LogP contribution in [0.3, 0.4) is 0 Å². The number of pyridine rings is 1. The van der Waals surface area contributed by atoms with E-state index in [0.717, 1.165) is 11.6 Å². The van der Waals surface area contributed by atoms with Crippen molar-refractivity contribution in [2.75, 3.05) is 5.32 Å². The number of anilines is 1. The van der Waals surface area contributed by atoms with Crippen LogP contribution < -0.4 is 5.32 Å². The first-order valence-corrected chi connectivity index (χ1v) is 6.71. The lowest BCUT2D eigenvalue weighted by molar-refractivity contribution is -0.138. The molecule has 112 valence electrons. The van der Waals surface area contributed by atoms with Gasteiger partial charge in [-0.05, 0) is 37.1 Å². The van der Waals surface area contributed by atoms with Gasteiger partial charge in [0.2, 0.25) is 0 Å². The predicted octanol–water partition coefficient (Wildman–Crippen LogP) is 5.24. The molecule has 1 unspecified atom stereocenters. The van der Waals surface area contributed by atoms with E-state index >= 15 is 0 Å². The molecule has 0 aliphatic heterocycles. The lowest BCUT2D eigenvalue weighted by Crippen LogP contribution is -2.15. The van der Waals surface area contributed by atoms with Gasteiger partial charge in [-0.3, -0.25) is 0 Å². The molecule has 0 saturated heterocycles. The standard InChI is InChI=1S/C15H14ClF3N2/c1-9-7-13(14(16)20-8-9)21-10(2)11-5-3-4-6-12(11)15(17,18)19/h3-8,10,21H,1-2H3. The predicted molar refractivity (Wildman–Crippen MR) is 77.5 cm³/mol. The fourth-order valence-corrected chi connectivity index (χ4v) is 2.26. The molecule has 0 aliphatic rings. The molecule has 0 amide bonds. The summed E-state index contributed by atoms with van der Waals surface area (Å²) < 4.78 is 39.1. The maximum Gasteiger partial charge on any atom is 0.416 e. The van der Waals surface area contributed by atoms with Crippen molar-refractivity contribution >= 4 is 17.3 Å². The Labute approximate surface area is 126 Å². The van der Waals surface area contributed by atoms with Crippen LogP contribution in [0, 0.1) is 6.92 Å². The number of nitrogens with zero attached hydrogens (tertiary/aromatic N) is 1. The number of rotatable bonds is 3. The molecule has 2 aromatic rings. The quantitative estimate of drug-likeness (QED) is 0.784. The molecule has 0 radical (unpaired) electrons. The van der Waals surface area contributed by atoms with Crippen LogP contribution in [-0.2, 0) is 6.18 Å². The largest absolute Gasteiger partial charge is 0.416 e. The minimum Gasteiger partial charge on any atom is -0.376 e. The Morgan fingerprint density at radius 2 is 1.90 bits per heavy atom. The fraction of sp³-hybridized carbons (Fsp3) is 0.267. The van der Waals surface area contributed by atoms with Crippen molar-refractivity contribution < 1.29 is 13.2 Å². The van der Waals surface area contributed by atoms with Crippen molar-refractivity contribution in [1.29, 1.82) is 0 Å². The molecule has 1 heterocycles. The van der Waals surface area contributed by atoms with Crippen LogP contribution in [0.25, 0.3) is 0 Å². The Balaban J connectivity index is 2.33. The molecule has 0 fully saturated rings. The molecule has 0 bridgehead atoms. The van der Waals surface area contributed by atoms with Crippen LogP contribution in [0.15, 0.2) is 36.5 Å². The molecule has 0 aliphatic carbocycles. The Kier molecular flexibility index (Phi) is 4.42. The molecule has 2 rings (SSSR count). The van der Waals surface area contributed by atoms with Gasteiger partial charge in [-0.25, -0.2) is 4.98 Å². The highest BCUT2D eigenvalue weighted by molar-refractivity contribution is 6.31. The van der Waals surface area contributed by atoms with Crippen LogP contribution in [0.1, 0.15) is 29.7 Å². The second kappa shape index (κ2) is 5.93. The number of nitrogens with one attached hydrogen (secondary N) is 1. The van der Waals surface area contributed by atoms with Gasteiger partial charge in [-0.15, -0.1) is 0 Å². The molecule has 1 aromatic heterocycles. The summed E-state index contributed by atoms with van der Waals surface area (Å²) in [5, 5.41) is 3.22. The number of halogens is 4. The highest BCUT2D eigenvalue weighted by atomic mass is 35.5. The van der Waals surface area contributed by atoms with E-state index in [-0.39, 0.29) is 10.7 Å². The topological polar surface area (TPSA) is 24.9 Å². The van der Waals surface area contributed by atoms with Crippen LogP contribution in [0.2, 0.25) is 5.15 Å². The van der Waals surface area contributed by atoms with Crippen LogP contribution in [0.5, 0.6) is 0 Å². The van der Waals surface area contributed by atoms with E-state index in [1.807, 2.05) is 6.92 Å². The number of hydrogen-bond donors (Lipinski definition) is 1. The van der Waals surface area contributed by atoms with Gasteiger partial charge in [0.05, 0.1) is 11.3 Å². The number of alkyl halides is 3. The zero-order valence-electron chi connectivity index (χ0n) is 11.5. The van der Waals surface area contributed by atoms with Gasteiger partial charge >= 0.3 is 6.18 Å². The molecule has 1 atom stereocenters. The van der Waals surface area contributed by atoms with Crippen LogP contribution >= 0.6 is 11.6 Å². The van der Waals surface area contributed by atoms with Gasteiger partial charge in [-0.1, -0.05) is 29.8 Å². The lowest BCUT2D eigenvalue weighted by atomic mass is 10.0. The molecule has 0 saturated carbocycles. The summed E-state index contributed by atoms with van der Waals surface area (Å²) in [7, 11) is 0. The van der Waals surface area contributed by atoms with Crippen molar-refractivity contribution in [2.45, 2.75) is 26.1 Å². The number of aryl methyl sites for hydroxylation is 1. The molecule has 0 spiro atoms. The van der Waals surface area contributed by atoms with Crippen molar-refractivity contribution in [3.63, 3.8) is 0 Å². The van der Waals surface area contributed by atoms with E-state index in [2.05, 4.69) is 10.3 Å². The van der Waals surface area contributed by atoms with Gasteiger partial charge < -0.3 is 5.32 Å². The minimum atomic E-state index is -4.39. The summed E-state index contributed by atoms with van der Waals surface area (Å²) in [5.41, 5.74) is 0.906. The lowest BCUT2D eigenvalue weighted by Gasteiger charge is -2.21. The zero-order valence-corrected chi connectivity index (χ0v) is 12.3. The molecular formula is C15H14ClF3N2. The molecule has 6 heteroatoms. The van der Waals surface area contributed by atoms with Gasteiger partial charge in [0.15, 0.2) is 5.15 Å². The van der Waals surface area contributed by atoms with E-state index in [4.69, 9.17) is 11.6 Å². The third-order valence-corrected chi connectivity index (χ3v) is 3.38. The molecular weight excluding hydrogens is 301 g/mol. The first kappa shape index (κ1) is 15.6. The SMILES string of the molecule is Cc1cnc(Cl)c(NC(C)c2ccccc2C(F)(F)F)c1. The van der Waals surface area contributed by atoms with Crippen LogP contribution in [0.4, 0.5) is 18.9 Å². The fourth-order valence-electron chi connectivity index (χ4n) is 2.10. The summed E-state index contributed by atoms with van der Waals surface area (Å²) in [6.07, 6.45) is -2.79. The highest BCUT2D eigenvalue weighted by Gasteiger charge is 2.34. The van der Waals surface area contributed by atoms with Crippen molar-refractivity contribution in [3.8, 4) is 0 Å². The summed E-state index contributed by atoms with van der Waals surface area (Å²) >= 11 is 5.96. The van der Waals surface area contributed by atoms with Gasteiger partial charge in [0.25, 0.3) is 0 Å². The van der Waals surface area contributed by atoms with Crippen LogP contribution in [-0.4, -0.2) is 4.98 Å². The van der Waals surface area contributed by atoms with Gasteiger partial charge in [0, 0.05) is 12.2 Å². The summed E-state index contributed by atoms with van der Waals surface area (Å²) in [5.74, 6) is 0. The zero-order chi connectivity index (χ0) is 15.6. The first-order chi connectivity index (χ1) is 9.79. The Morgan fingerprint density at radius 1 is 1.24 bits per heavy atom. The van der Waals surface area contributed by atoms with Gasteiger partial charge in [-0.2, -0.15) is 13.2 Å². The van der Waals surface area contributed by atoms with E-state index in [0.29, 0.717) is 5.69 Å². The maximum atomic E-state index is 13.0. The van der Waals surface area contributed by atoms with E-state index < -0.39 is 17.8 Å².